The lowest BCUT2D eigenvalue weighted by molar-refractivity contribution is -0.121. The minimum Gasteiger partial charge on any atom is -0.350 e. The quantitative estimate of drug-likeness (QED) is 0.807. The molecule has 1 amide bonds. The molecule has 0 saturated carbocycles. The van der Waals surface area contributed by atoms with Crippen LogP contribution in [0, 0.1) is 13.8 Å². The first-order valence-corrected chi connectivity index (χ1v) is 5.41. The van der Waals surface area contributed by atoms with Gasteiger partial charge in [0.15, 0.2) is 0 Å². The Bertz CT molecular complexity index is 358. The number of carbonyl (C=O) groups is 1. The van der Waals surface area contributed by atoms with Gasteiger partial charge in [-0.1, -0.05) is 25.1 Å². The summed E-state index contributed by atoms with van der Waals surface area (Å²) in [5.74, 6) is 0.0979. The van der Waals surface area contributed by atoms with Crippen molar-refractivity contribution in [1.29, 1.82) is 0 Å². The molecular formula is C13H19NO. The Labute approximate surface area is 91.7 Å². The molecule has 0 aliphatic carbocycles. The van der Waals surface area contributed by atoms with Crippen molar-refractivity contribution >= 4 is 5.91 Å². The molecule has 0 unspecified atom stereocenters. The molecule has 0 aliphatic heterocycles. The number of amides is 1. The van der Waals surface area contributed by atoms with Gasteiger partial charge in [0.1, 0.15) is 0 Å². The predicted octanol–water partition coefficient (Wildman–Crippen LogP) is 2.89. The summed E-state index contributed by atoms with van der Waals surface area (Å²) in [6, 6.07) is 6.40. The highest BCUT2D eigenvalue weighted by atomic mass is 16.1. The molecule has 0 saturated heterocycles. The Hall–Kier alpha value is -1.31. The van der Waals surface area contributed by atoms with Crippen molar-refractivity contribution in [2.45, 2.75) is 40.2 Å². The van der Waals surface area contributed by atoms with E-state index in [1.54, 1.807) is 0 Å². The molecule has 1 aromatic carbocycles. The monoisotopic (exact) mass is 205 g/mol. The second-order valence-electron chi connectivity index (χ2n) is 3.99. The maximum Gasteiger partial charge on any atom is 0.220 e. The van der Waals surface area contributed by atoms with E-state index in [4.69, 9.17) is 0 Å². The van der Waals surface area contributed by atoms with Gasteiger partial charge >= 0.3 is 0 Å². The van der Waals surface area contributed by atoms with Crippen LogP contribution < -0.4 is 5.32 Å². The maximum absolute atomic E-state index is 11.2. The van der Waals surface area contributed by atoms with E-state index in [0.29, 0.717) is 6.42 Å². The summed E-state index contributed by atoms with van der Waals surface area (Å²) in [4.78, 5) is 11.2. The number of hydrogen-bond acceptors (Lipinski definition) is 1. The van der Waals surface area contributed by atoms with Crippen molar-refractivity contribution in [1.82, 2.24) is 5.32 Å². The summed E-state index contributed by atoms with van der Waals surface area (Å²) in [5, 5.41) is 2.95. The van der Waals surface area contributed by atoms with E-state index >= 15 is 0 Å². The first kappa shape index (κ1) is 11.8. The van der Waals surface area contributed by atoms with Crippen LogP contribution in [0.25, 0.3) is 0 Å². The van der Waals surface area contributed by atoms with E-state index in [1.807, 2.05) is 13.8 Å². The fourth-order valence-corrected chi connectivity index (χ4v) is 1.46. The highest BCUT2D eigenvalue weighted by Gasteiger charge is 2.08. The van der Waals surface area contributed by atoms with Crippen LogP contribution in [0.3, 0.4) is 0 Å². The summed E-state index contributed by atoms with van der Waals surface area (Å²) >= 11 is 0. The molecule has 2 heteroatoms. The van der Waals surface area contributed by atoms with E-state index in [0.717, 1.165) is 0 Å². The number of aryl methyl sites for hydroxylation is 2. The van der Waals surface area contributed by atoms with Gasteiger partial charge in [-0.3, -0.25) is 4.79 Å². The van der Waals surface area contributed by atoms with E-state index in [9.17, 15) is 4.79 Å². The second-order valence-corrected chi connectivity index (χ2v) is 3.99. The van der Waals surface area contributed by atoms with Crippen molar-refractivity contribution in [2.75, 3.05) is 0 Å². The number of rotatable bonds is 3. The van der Waals surface area contributed by atoms with Crippen molar-refractivity contribution in [3.05, 3.63) is 34.9 Å². The molecule has 1 atom stereocenters. The van der Waals surface area contributed by atoms with Gasteiger partial charge in [0.2, 0.25) is 5.91 Å². The molecule has 82 valence electrons. The van der Waals surface area contributed by atoms with Gasteiger partial charge < -0.3 is 5.32 Å². The van der Waals surface area contributed by atoms with E-state index < -0.39 is 0 Å². The zero-order valence-corrected chi connectivity index (χ0v) is 9.92. The lowest BCUT2D eigenvalue weighted by Gasteiger charge is -2.15. The molecule has 1 N–H and O–H groups in total. The first-order chi connectivity index (χ1) is 7.04. The Morgan fingerprint density at radius 3 is 2.53 bits per heavy atom. The fourth-order valence-electron chi connectivity index (χ4n) is 1.46. The van der Waals surface area contributed by atoms with Crippen LogP contribution in [0.15, 0.2) is 18.2 Å². The maximum atomic E-state index is 11.2. The van der Waals surface area contributed by atoms with Crippen LogP contribution in [-0.2, 0) is 4.79 Å². The lowest BCUT2D eigenvalue weighted by atomic mass is 10.0. The third-order valence-corrected chi connectivity index (χ3v) is 2.73. The van der Waals surface area contributed by atoms with Crippen LogP contribution in [0.1, 0.15) is 43.0 Å². The van der Waals surface area contributed by atoms with Crippen molar-refractivity contribution in [3.63, 3.8) is 0 Å². The van der Waals surface area contributed by atoms with Gasteiger partial charge in [0.05, 0.1) is 6.04 Å². The van der Waals surface area contributed by atoms with Gasteiger partial charge in [0.25, 0.3) is 0 Å². The average Bonchev–Trinajstić information content (AvgIpc) is 2.21. The normalized spacial score (nSPS) is 12.3. The van der Waals surface area contributed by atoms with Crippen LogP contribution >= 0.6 is 0 Å². The molecule has 15 heavy (non-hydrogen) atoms. The molecule has 0 fully saturated rings. The van der Waals surface area contributed by atoms with Crippen molar-refractivity contribution < 1.29 is 4.79 Å². The summed E-state index contributed by atoms with van der Waals surface area (Å²) < 4.78 is 0. The molecular weight excluding hydrogens is 186 g/mol. The minimum absolute atomic E-state index is 0.0942. The second kappa shape index (κ2) is 4.96. The highest BCUT2D eigenvalue weighted by molar-refractivity contribution is 5.76. The zero-order valence-electron chi connectivity index (χ0n) is 9.92. The van der Waals surface area contributed by atoms with Gasteiger partial charge in [0, 0.05) is 6.42 Å². The fraction of sp³-hybridized carbons (Fsp3) is 0.462. The molecule has 0 aliphatic rings. The lowest BCUT2D eigenvalue weighted by Crippen LogP contribution is -2.25. The molecule has 1 aromatic rings. The highest BCUT2D eigenvalue weighted by Crippen LogP contribution is 2.16. The third-order valence-electron chi connectivity index (χ3n) is 2.73. The van der Waals surface area contributed by atoms with E-state index in [2.05, 4.69) is 37.4 Å². The number of nitrogens with one attached hydrogen (secondary N) is 1. The Morgan fingerprint density at radius 2 is 2.00 bits per heavy atom. The number of hydrogen-bond donors (Lipinski definition) is 1. The van der Waals surface area contributed by atoms with E-state index in [1.165, 1.54) is 16.7 Å². The Morgan fingerprint density at radius 1 is 1.33 bits per heavy atom. The summed E-state index contributed by atoms with van der Waals surface area (Å²) in [6.45, 7) is 8.06. The zero-order chi connectivity index (χ0) is 11.4. The molecule has 2 nitrogen and oxygen atoms in total. The minimum atomic E-state index is 0.0942. The van der Waals surface area contributed by atoms with Gasteiger partial charge in [-0.15, -0.1) is 0 Å². The van der Waals surface area contributed by atoms with Crippen LogP contribution in [-0.4, -0.2) is 5.91 Å². The SMILES string of the molecule is CCC(=O)N[C@@H](C)c1ccc(C)c(C)c1. The van der Waals surface area contributed by atoms with Gasteiger partial charge in [-0.25, -0.2) is 0 Å². The molecule has 0 aromatic heterocycles. The smallest absolute Gasteiger partial charge is 0.220 e. The van der Waals surface area contributed by atoms with Crippen molar-refractivity contribution in [3.8, 4) is 0 Å². The van der Waals surface area contributed by atoms with Crippen LogP contribution in [0.5, 0.6) is 0 Å². The number of benzene rings is 1. The summed E-state index contributed by atoms with van der Waals surface area (Å²) in [6.07, 6.45) is 0.537. The average molecular weight is 205 g/mol. The number of carbonyl (C=O) groups excluding carboxylic acids is 1. The van der Waals surface area contributed by atoms with Gasteiger partial charge in [-0.2, -0.15) is 0 Å². The first-order valence-electron chi connectivity index (χ1n) is 5.41. The topological polar surface area (TPSA) is 29.1 Å². The van der Waals surface area contributed by atoms with Crippen molar-refractivity contribution in [2.24, 2.45) is 0 Å². The molecule has 0 spiro atoms. The van der Waals surface area contributed by atoms with E-state index in [-0.39, 0.29) is 11.9 Å². The van der Waals surface area contributed by atoms with Crippen LogP contribution in [0.4, 0.5) is 0 Å². The molecule has 1 rings (SSSR count). The molecule has 0 heterocycles. The Kier molecular flexibility index (Phi) is 3.89. The van der Waals surface area contributed by atoms with Gasteiger partial charge in [-0.05, 0) is 37.5 Å². The van der Waals surface area contributed by atoms with Crippen LogP contribution in [0.2, 0.25) is 0 Å². The third kappa shape index (κ3) is 3.08. The molecule has 0 bridgehead atoms. The summed E-state index contributed by atoms with van der Waals surface area (Å²) in [5.41, 5.74) is 3.72. The summed E-state index contributed by atoms with van der Waals surface area (Å²) in [7, 11) is 0. The standard InChI is InChI=1S/C13H19NO/c1-5-13(15)14-11(4)12-7-6-9(2)10(3)8-12/h6-8,11H,5H2,1-4H3,(H,14,15)/t11-/m0/s1. The largest absolute Gasteiger partial charge is 0.350 e. The molecule has 0 radical (unpaired) electrons. The predicted molar refractivity (Wildman–Crippen MR) is 62.8 cm³/mol. The Balaban J connectivity index is 2.78.